The van der Waals surface area contributed by atoms with Crippen molar-refractivity contribution in [2.75, 3.05) is 12.3 Å². The molecule has 5 heteroatoms. The average Bonchev–Trinajstić information content (AvgIpc) is 1.89. The lowest BCUT2D eigenvalue weighted by Gasteiger charge is -1.69. The second-order valence-electron chi connectivity index (χ2n) is 0.980. The topological polar surface area (TPSA) is 60.2 Å². The number of rotatable bonds is 2. The van der Waals surface area contributed by atoms with Gasteiger partial charge in [0.15, 0.2) is 10.7 Å². The first-order valence-corrected chi connectivity index (χ1v) is 4.14. The van der Waals surface area contributed by atoms with E-state index in [9.17, 15) is 8.42 Å². The third-order valence-corrected chi connectivity index (χ3v) is 0.835. The van der Waals surface area contributed by atoms with Crippen LogP contribution in [0.5, 0.6) is 0 Å². The van der Waals surface area contributed by atoms with E-state index < -0.39 is 10.7 Å². The number of hydrogen-bond donors (Lipinski definition) is 3. The quantitative estimate of drug-likeness (QED) is 0.494. The number of hydrogen-bond acceptors (Lipinski definition) is 4. The zero-order chi connectivity index (χ0) is 7.70. The van der Waals surface area contributed by atoms with E-state index >= 15 is 0 Å². The molecular formula is C4H11NO2S2. The van der Waals surface area contributed by atoms with Crippen LogP contribution in [0.2, 0.25) is 0 Å². The molecule has 0 saturated heterocycles. The maximum absolute atomic E-state index is 9.29. The second kappa shape index (κ2) is 10.9. The largest absolute Gasteiger partial charge is 0.330 e. The normalized spacial score (nSPS) is 7.89. The highest BCUT2D eigenvalue weighted by molar-refractivity contribution is 7.80. The van der Waals surface area contributed by atoms with Crippen molar-refractivity contribution in [1.29, 1.82) is 0 Å². The van der Waals surface area contributed by atoms with Gasteiger partial charge in [0.1, 0.15) is 0 Å². The summed E-state index contributed by atoms with van der Waals surface area (Å²) in [4.78, 5) is 0. The van der Waals surface area contributed by atoms with Crippen LogP contribution in [-0.4, -0.2) is 20.7 Å². The fraction of sp³-hybridized carbons (Fsp3) is 0.500. The van der Waals surface area contributed by atoms with Crippen LogP contribution < -0.4 is 5.73 Å². The van der Waals surface area contributed by atoms with Gasteiger partial charge in [0.2, 0.25) is 0 Å². The lowest BCUT2D eigenvalue weighted by Crippen LogP contribution is -1.97. The Hall–Kier alpha value is -0.0000000000000000555. The van der Waals surface area contributed by atoms with E-state index in [1.54, 1.807) is 0 Å². The van der Waals surface area contributed by atoms with E-state index in [0.717, 1.165) is 11.2 Å². The molecule has 0 bridgehead atoms. The highest BCUT2D eigenvalue weighted by Gasteiger charge is 1.56. The van der Waals surface area contributed by atoms with E-state index in [-0.39, 0.29) is 0 Å². The van der Waals surface area contributed by atoms with Crippen LogP contribution in [0.25, 0.3) is 0 Å². The third-order valence-electron chi connectivity index (χ3n) is 0.278. The molecule has 2 N–H and O–H groups in total. The molecule has 0 fully saturated rings. The zero-order valence-electron chi connectivity index (χ0n) is 4.99. The van der Waals surface area contributed by atoms with Crippen LogP contribution >= 0.6 is 12.6 Å². The molecule has 0 aromatic heterocycles. The Morgan fingerprint density at radius 3 is 1.89 bits per heavy atom. The minimum Gasteiger partial charge on any atom is -0.330 e. The Labute approximate surface area is 62.3 Å². The summed E-state index contributed by atoms with van der Waals surface area (Å²) in [7, 11) is -2.33. The van der Waals surface area contributed by atoms with Crippen molar-refractivity contribution in [2.45, 2.75) is 0 Å². The van der Waals surface area contributed by atoms with Gasteiger partial charge in [-0.3, -0.25) is 0 Å². The van der Waals surface area contributed by atoms with E-state index in [0.29, 0.717) is 6.54 Å². The van der Waals surface area contributed by atoms with Gasteiger partial charge in [-0.05, 0) is 0 Å². The predicted octanol–water partition coefficient (Wildman–Crippen LogP) is -0.384. The van der Waals surface area contributed by atoms with Gasteiger partial charge < -0.3 is 5.73 Å². The molecule has 0 aromatic rings. The minimum atomic E-state index is -2.33. The molecule has 0 radical (unpaired) electrons. The molecule has 56 valence electrons. The summed E-state index contributed by atoms with van der Waals surface area (Å²) in [5, 5.41) is 0.870. The molecule has 0 aliphatic carbocycles. The van der Waals surface area contributed by atoms with E-state index in [1.807, 2.05) is 0 Å². The lowest BCUT2D eigenvalue weighted by molar-refractivity contribution is 0.622. The second-order valence-corrected chi connectivity index (χ2v) is 2.36. The number of nitrogens with two attached hydrogens (primary N) is 1. The monoisotopic (exact) mass is 169 g/mol. The fourth-order valence-electron chi connectivity index (χ4n) is 0. The SMILES string of the molecule is C=C[SH](=O)=O.NCCS. The molecule has 0 aromatic carbocycles. The van der Waals surface area contributed by atoms with Crippen molar-refractivity contribution in [3.8, 4) is 0 Å². The summed E-state index contributed by atoms with van der Waals surface area (Å²) < 4.78 is 18.6. The van der Waals surface area contributed by atoms with Crippen molar-refractivity contribution in [3.63, 3.8) is 0 Å². The van der Waals surface area contributed by atoms with Gasteiger partial charge in [0, 0.05) is 17.7 Å². The molecular weight excluding hydrogens is 158 g/mol. The average molecular weight is 169 g/mol. The third kappa shape index (κ3) is 32.0. The van der Waals surface area contributed by atoms with Crippen molar-refractivity contribution >= 4 is 23.3 Å². The van der Waals surface area contributed by atoms with Gasteiger partial charge in [-0.2, -0.15) is 12.6 Å². The molecule has 0 rings (SSSR count). The standard InChI is InChI=1S/C2H7NS.C2H4O2S/c3-1-2-4;1-2-5(3)4/h4H,1-3H2;2,5H,1H2. The molecule has 0 saturated carbocycles. The van der Waals surface area contributed by atoms with Crippen LogP contribution in [0, 0.1) is 0 Å². The summed E-state index contributed by atoms with van der Waals surface area (Å²) in [6.45, 7) is 3.65. The Morgan fingerprint density at radius 2 is 1.89 bits per heavy atom. The summed E-state index contributed by atoms with van der Waals surface area (Å²) >= 11 is 3.80. The molecule has 0 heterocycles. The van der Waals surface area contributed by atoms with Gasteiger partial charge in [0.05, 0.1) is 0 Å². The zero-order valence-corrected chi connectivity index (χ0v) is 6.78. The van der Waals surface area contributed by atoms with Crippen LogP contribution in [-0.2, 0) is 10.7 Å². The van der Waals surface area contributed by atoms with E-state index in [2.05, 4.69) is 19.2 Å². The summed E-state index contributed by atoms with van der Waals surface area (Å²) in [6.07, 6.45) is 0. The Kier molecular flexibility index (Phi) is 14.2. The van der Waals surface area contributed by atoms with Crippen molar-refractivity contribution in [1.82, 2.24) is 0 Å². The summed E-state index contributed by atoms with van der Waals surface area (Å²) in [5.41, 5.74) is 4.95. The molecule has 0 aliphatic rings. The van der Waals surface area contributed by atoms with Crippen molar-refractivity contribution in [3.05, 3.63) is 12.0 Å². The Balaban J connectivity index is 0. The molecule has 0 aliphatic heterocycles. The first-order valence-electron chi connectivity index (χ1n) is 2.26. The fourth-order valence-corrected chi connectivity index (χ4v) is 0. The minimum absolute atomic E-state index is 0.684. The van der Waals surface area contributed by atoms with Crippen molar-refractivity contribution in [2.24, 2.45) is 5.73 Å². The summed E-state index contributed by atoms with van der Waals surface area (Å²) in [6, 6.07) is 0. The molecule has 0 spiro atoms. The van der Waals surface area contributed by atoms with Crippen LogP contribution in [0.3, 0.4) is 0 Å². The molecule has 0 amide bonds. The molecule has 9 heavy (non-hydrogen) atoms. The van der Waals surface area contributed by atoms with E-state index in [4.69, 9.17) is 5.73 Å². The van der Waals surface area contributed by atoms with Gasteiger partial charge in [-0.1, -0.05) is 6.58 Å². The van der Waals surface area contributed by atoms with E-state index in [1.165, 1.54) is 0 Å². The maximum atomic E-state index is 9.29. The first kappa shape index (κ1) is 11.8. The molecule has 0 unspecified atom stereocenters. The van der Waals surface area contributed by atoms with Gasteiger partial charge in [0.25, 0.3) is 0 Å². The van der Waals surface area contributed by atoms with Crippen LogP contribution in [0.15, 0.2) is 12.0 Å². The summed E-state index contributed by atoms with van der Waals surface area (Å²) in [5.74, 6) is 0.792. The first-order chi connectivity index (χ1) is 4.18. The highest BCUT2D eigenvalue weighted by Crippen LogP contribution is 1.58. The van der Waals surface area contributed by atoms with Gasteiger partial charge in [-0.15, -0.1) is 0 Å². The lowest BCUT2D eigenvalue weighted by atomic mass is 10.8. The smallest absolute Gasteiger partial charge is 0.160 e. The van der Waals surface area contributed by atoms with Gasteiger partial charge >= 0.3 is 0 Å². The molecule has 0 atom stereocenters. The van der Waals surface area contributed by atoms with Gasteiger partial charge in [-0.25, -0.2) is 8.42 Å². The Bertz CT molecular complexity index is 112. The maximum Gasteiger partial charge on any atom is 0.160 e. The predicted molar refractivity (Wildman–Crippen MR) is 43.4 cm³/mol. The number of thiol groups is 2. The van der Waals surface area contributed by atoms with Crippen molar-refractivity contribution < 1.29 is 8.42 Å². The van der Waals surface area contributed by atoms with Crippen LogP contribution in [0.4, 0.5) is 0 Å². The van der Waals surface area contributed by atoms with Crippen LogP contribution in [0.1, 0.15) is 0 Å². The molecule has 3 nitrogen and oxygen atoms in total. The highest BCUT2D eigenvalue weighted by atomic mass is 32.2. The Morgan fingerprint density at radius 1 is 1.67 bits per heavy atom.